The lowest BCUT2D eigenvalue weighted by Gasteiger charge is -2.05. The molecule has 0 aliphatic heterocycles. The number of aromatic hydroxyl groups is 3. The second-order valence-electron chi connectivity index (χ2n) is 4.60. The van der Waals surface area contributed by atoms with Gasteiger partial charge in [-0.3, -0.25) is 0 Å². The first-order valence-corrected chi connectivity index (χ1v) is 6.95. The molecule has 6 nitrogen and oxygen atoms in total. The maximum absolute atomic E-state index is 9.56. The van der Waals surface area contributed by atoms with E-state index in [4.69, 9.17) is 4.42 Å². The van der Waals surface area contributed by atoms with Crippen LogP contribution in [-0.4, -0.2) is 26.2 Å². The van der Waals surface area contributed by atoms with Crippen molar-refractivity contribution in [2.24, 2.45) is 5.16 Å². The van der Waals surface area contributed by atoms with Gasteiger partial charge < -0.3 is 24.9 Å². The molecule has 0 atom stereocenters. The van der Waals surface area contributed by atoms with Crippen LogP contribution in [0.3, 0.4) is 0 Å². The first-order valence-electron chi connectivity index (χ1n) is 6.16. The molecular weight excluding hydrogens is 354 g/mol. The lowest BCUT2D eigenvalue weighted by atomic mass is 10.1. The van der Waals surface area contributed by atoms with Crippen LogP contribution in [-0.2, 0) is 0 Å². The van der Waals surface area contributed by atoms with Gasteiger partial charge in [-0.05, 0) is 36.4 Å². The summed E-state index contributed by atoms with van der Waals surface area (Å²) < 4.78 is 6.47. The summed E-state index contributed by atoms with van der Waals surface area (Å²) in [5.74, 6) is -1.46. The predicted octanol–water partition coefficient (Wildman–Crippen LogP) is 3.54. The Kier molecular flexibility index (Phi) is 3.42. The highest BCUT2D eigenvalue weighted by molar-refractivity contribution is 9.10. The molecular formula is C15H10BrNO5. The van der Waals surface area contributed by atoms with Gasteiger partial charge in [-0.15, -0.1) is 0 Å². The molecule has 0 unspecified atom stereocenters. The van der Waals surface area contributed by atoms with Crippen LogP contribution in [0.15, 0.2) is 50.4 Å². The molecule has 0 aliphatic carbocycles. The van der Waals surface area contributed by atoms with E-state index in [1.54, 1.807) is 12.1 Å². The Labute approximate surface area is 132 Å². The van der Waals surface area contributed by atoms with E-state index >= 15 is 0 Å². The van der Waals surface area contributed by atoms with Crippen molar-refractivity contribution in [2.45, 2.75) is 0 Å². The lowest BCUT2D eigenvalue weighted by Crippen LogP contribution is -2.01. The summed E-state index contributed by atoms with van der Waals surface area (Å²) in [6.07, 6.45) is 0. The number of hydrogen-bond donors (Lipinski definition) is 4. The smallest absolute Gasteiger partial charge is 0.200 e. The van der Waals surface area contributed by atoms with E-state index in [1.807, 2.05) is 12.1 Å². The van der Waals surface area contributed by atoms with Crippen molar-refractivity contribution in [3.8, 4) is 17.2 Å². The lowest BCUT2D eigenvalue weighted by molar-refractivity contribution is 0.318. The summed E-state index contributed by atoms with van der Waals surface area (Å²) in [5, 5.41) is 41.7. The molecule has 0 amide bonds. The molecule has 0 aliphatic rings. The van der Waals surface area contributed by atoms with Crippen molar-refractivity contribution in [3.63, 3.8) is 0 Å². The zero-order valence-corrected chi connectivity index (χ0v) is 12.6. The maximum atomic E-state index is 9.56. The Bertz CT molecular complexity index is 877. The van der Waals surface area contributed by atoms with Gasteiger partial charge >= 0.3 is 0 Å². The highest BCUT2D eigenvalue weighted by Gasteiger charge is 2.17. The van der Waals surface area contributed by atoms with Crippen molar-refractivity contribution < 1.29 is 24.9 Å². The predicted molar refractivity (Wildman–Crippen MR) is 82.8 cm³/mol. The normalized spacial score (nSPS) is 12.0. The third-order valence-electron chi connectivity index (χ3n) is 3.15. The van der Waals surface area contributed by atoms with Gasteiger partial charge in [0.2, 0.25) is 0 Å². The molecule has 3 rings (SSSR count). The Morgan fingerprint density at radius 1 is 1.00 bits per heavy atom. The second kappa shape index (κ2) is 5.27. The molecule has 7 heteroatoms. The Morgan fingerprint density at radius 2 is 1.68 bits per heavy atom. The third kappa shape index (κ3) is 2.35. The van der Waals surface area contributed by atoms with Gasteiger partial charge in [0.05, 0.1) is 0 Å². The SMILES string of the molecule is ON=C(c1cc(O)c(O)c(O)c1)c1cc2cc(Br)ccc2o1. The van der Waals surface area contributed by atoms with Crippen LogP contribution >= 0.6 is 15.9 Å². The molecule has 1 heterocycles. The Hall–Kier alpha value is -2.67. The van der Waals surface area contributed by atoms with Crippen LogP contribution in [0.2, 0.25) is 0 Å². The van der Waals surface area contributed by atoms with Gasteiger partial charge in [-0.2, -0.15) is 0 Å². The molecule has 112 valence electrons. The van der Waals surface area contributed by atoms with Crippen molar-refractivity contribution >= 4 is 32.6 Å². The van der Waals surface area contributed by atoms with Gasteiger partial charge in [-0.1, -0.05) is 21.1 Å². The summed E-state index contributed by atoms with van der Waals surface area (Å²) in [6, 6.07) is 9.38. The van der Waals surface area contributed by atoms with Crippen molar-refractivity contribution in [1.29, 1.82) is 0 Å². The average Bonchev–Trinajstić information content (AvgIpc) is 2.88. The van der Waals surface area contributed by atoms with Gasteiger partial charge in [0, 0.05) is 15.4 Å². The topological polar surface area (TPSA) is 106 Å². The average molecular weight is 364 g/mol. The van der Waals surface area contributed by atoms with E-state index in [9.17, 15) is 20.5 Å². The number of halogens is 1. The van der Waals surface area contributed by atoms with Crippen LogP contribution < -0.4 is 0 Å². The zero-order valence-electron chi connectivity index (χ0n) is 11.0. The molecule has 3 aromatic rings. The van der Waals surface area contributed by atoms with E-state index in [2.05, 4.69) is 21.1 Å². The molecule has 22 heavy (non-hydrogen) atoms. The molecule has 0 fully saturated rings. The fourth-order valence-electron chi connectivity index (χ4n) is 2.12. The van der Waals surface area contributed by atoms with Gasteiger partial charge in [0.25, 0.3) is 0 Å². The molecule has 0 saturated carbocycles. The first kappa shape index (κ1) is 14.3. The molecule has 2 aromatic carbocycles. The standard InChI is InChI=1S/C15H10BrNO5/c16-9-1-2-12-7(3-9)6-13(22-12)14(17-21)8-4-10(18)15(20)11(19)5-8/h1-6,18-21H. The summed E-state index contributed by atoms with van der Waals surface area (Å²) >= 11 is 3.35. The fraction of sp³-hybridized carbons (Fsp3) is 0. The fourth-order valence-corrected chi connectivity index (χ4v) is 2.50. The molecule has 1 aromatic heterocycles. The molecule has 0 saturated heterocycles. The third-order valence-corrected chi connectivity index (χ3v) is 3.65. The number of furan rings is 1. The van der Waals surface area contributed by atoms with E-state index in [-0.39, 0.29) is 17.0 Å². The highest BCUT2D eigenvalue weighted by atomic mass is 79.9. The maximum Gasteiger partial charge on any atom is 0.200 e. The van der Waals surface area contributed by atoms with Gasteiger partial charge in [0.15, 0.2) is 28.7 Å². The minimum Gasteiger partial charge on any atom is -0.504 e. The summed E-state index contributed by atoms with van der Waals surface area (Å²) in [5.41, 5.74) is 0.790. The number of nitrogens with zero attached hydrogens (tertiary/aromatic N) is 1. The number of hydrogen-bond acceptors (Lipinski definition) is 6. The largest absolute Gasteiger partial charge is 0.504 e. The zero-order chi connectivity index (χ0) is 15.9. The second-order valence-corrected chi connectivity index (χ2v) is 5.52. The number of phenols is 3. The van der Waals surface area contributed by atoms with Crippen molar-refractivity contribution in [3.05, 3.63) is 52.2 Å². The monoisotopic (exact) mass is 363 g/mol. The van der Waals surface area contributed by atoms with Crippen LogP contribution in [0.25, 0.3) is 11.0 Å². The number of fused-ring (bicyclic) bond motifs is 1. The minimum absolute atomic E-state index is 0.0120. The van der Waals surface area contributed by atoms with E-state index in [0.717, 1.165) is 22.0 Å². The van der Waals surface area contributed by atoms with Crippen molar-refractivity contribution in [1.82, 2.24) is 0 Å². The summed E-state index contributed by atoms with van der Waals surface area (Å²) in [7, 11) is 0. The van der Waals surface area contributed by atoms with Gasteiger partial charge in [-0.25, -0.2) is 0 Å². The van der Waals surface area contributed by atoms with Gasteiger partial charge in [0.1, 0.15) is 5.58 Å². The van der Waals surface area contributed by atoms with Crippen LogP contribution in [0.5, 0.6) is 17.2 Å². The van der Waals surface area contributed by atoms with Crippen LogP contribution in [0, 0.1) is 0 Å². The number of phenolic OH excluding ortho intramolecular Hbond substituents is 3. The Morgan fingerprint density at radius 3 is 2.32 bits per heavy atom. The first-order chi connectivity index (χ1) is 10.5. The number of oxime groups is 1. The molecule has 0 bridgehead atoms. The summed E-state index contributed by atoms with van der Waals surface area (Å²) in [4.78, 5) is 0. The molecule has 4 N–H and O–H groups in total. The van der Waals surface area contributed by atoms with Crippen LogP contribution in [0.1, 0.15) is 11.3 Å². The highest BCUT2D eigenvalue weighted by Crippen LogP contribution is 2.36. The molecule has 0 radical (unpaired) electrons. The number of benzene rings is 2. The van der Waals surface area contributed by atoms with Crippen LogP contribution in [0.4, 0.5) is 0 Å². The van der Waals surface area contributed by atoms with E-state index in [1.165, 1.54) is 0 Å². The quantitative estimate of drug-likeness (QED) is 0.241. The molecule has 0 spiro atoms. The minimum atomic E-state index is -0.644. The van der Waals surface area contributed by atoms with Crippen molar-refractivity contribution in [2.75, 3.05) is 0 Å². The Balaban J connectivity index is 2.14. The summed E-state index contributed by atoms with van der Waals surface area (Å²) in [6.45, 7) is 0. The van der Waals surface area contributed by atoms with E-state index in [0.29, 0.717) is 5.58 Å². The van der Waals surface area contributed by atoms with E-state index < -0.39 is 17.2 Å². The number of rotatable bonds is 2.